The number of rotatable bonds is 2. The van der Waals surface area contributed by atoms with Crippen molar-refractivity contribution in [1.82, 2.24) is 9.97 Å². The van der Waals surface area contributed by atoms with Gasteiger partial charge in [0.25, 0.3) is 0 Å². The van der Waals surface area contributed by atoms with Gasteiger partial charge >= 0.3 is 0 Å². The number of benzene rings is 1. The zero-order chi connectivity index (χ0) is 12.5. The Labute approximate surface area is 99.3 Å². The first kappa shape index (κ1) is 11.5. The number of hydrogen-bond donors (Lipinski definition) is 1. The van der Waals surface area contributed by atoms with Gasteiger partial charge in [0.2, 0.25) is 0 Å². The SMILES string of the molecule is CS(=O)(=O)c1ccc(-c2nccc(N)n2)cc1. The van der Waals surface area contributed by atoms with Gasteiger partial charge in [0.05, 0.1) is 4.90 Å². The number of sulfone groups is 1. The summed E-state index contributed by atoms with van der Waals surface area (Å²) in [6.07, 6.45) is 2.72. The number of aromatic nitrogens is 2. The molecule has 1 aromatic heterocycles. The Morgan fingerprint density at radius 1 is 1.12 bits per heavy atom. The third-order valence-corrected chi connectivity index (χ3v) is 3.35. The van der Waals surface area contributed by atoms with Crippen molar-refractivity contribution in [3.63, 3.8) is 0 Å². The van der Waals surface area contributed by atoms with E-state index in [2.05, 4.69) is 9.97 Å². The average molecular weight is 249 g/mol. The van der Waals surface area contributed by atoms with Gasteiger partial charge in [-0.3, -0.25) is 0 Å². The third-order valence-electron chi connectivity index (χ3n) is 2.22. The maximum absolute atomic E-state index is 11.3. The molecule has 0 atom stereocenters. The van der Waals surface area contributed by atoms with Crippen molar-refractivity contribution in [3.8, 4) is 11.4 Å². The molecule has 88 valence electrons. The lowest BCUT2D eigenvalue weighted by Gasteiger charge is -2.02. The van der Waals surface area contributed by atoms with Crippen LogP contribution in [0.4, 0.5) is 5.82 Å². The molecule has 0 aliphatic rings. The number of nitrogen functional groups attached to an aromatic ring is 1. The van der Waals surface area contributed by atoms with E-state index >= 15 is 0 Å². The molecule has 2 aromatic rings. The fourth-order valence-corrected chi connectivity index (χ4v) is 1.99. The molecule has 6 heteroatoms. The van der Waals surface area contributed by atoms with E-state index in [0.29, 0.717) is 11.6 Å². The van der Waals surface area contributed by atoms with Crippen LogP contribution < -0.4 is 5.73 Å². The minimum absolute atomic E-state index is 0.269. The van der Waals surface area contributed by atoms with E-state index in [4.69, 9.17) is 5.73 Å². The molecule has 2 N–H and O–H groups in total. The molecule has 0 fully saturated rings. The van der Waals surface area contributed by atoms with E-state index < -0.39 is 9.84 Å². The first-order valence-corrected chi connectivity index (χ1v) is 6.75. The van der Waals surface area contributed by atoms with E-state index in [1.54, 1.807) is 24.4 Å². The fourth-order valence-electron chi connectivity index (χ4n) is 1.36. The number of nitrogens with zero attached hydrogens (tertiary/aromatic N) is 2. The van der Waals surface area contributed by atoms with Gasteiger partial charge in [-0.05, 0) is 30.3 Å². The highest BCUT2D eigenvalue weighted by Crippen LogP contribution is 2.18. The Balaban J connectivity index is 2.43. The molecule has 2 rings (SSSR count). The number of hydrogen-bond acceptors (Lipinski definition) is 5. The second kappa shape index (κ2) is 4.14. The molecule has 0 aliphatic carbocycles. The van der Waals surface area contributed by atoms with Gasteiger partial charge in [-0.25, -0.2) is 18.4 Å². The van der Waals surface area contributed by atoms with Crippen molar-refractivity contribution in [2.75, 3.05) is 12.0 Å². The maximum atomic E-state index is 11.3. The summed E-state index contributed by atoms with van der Waals surface area (Å²) in [6.45, 7) is 0. The van der Waals surface area contributed by atoms with Crippen molar-refractivity contribution in [2.45, 2.75) is 4.90 Å². The molecule has 0 bridgehead atoms. The van der Waals surface area contributed by atoms with Gasteiger partial charge in [-0.2, -0.15) is 0 Å². The molecule has 1 aromatic carbocycles. The van der Waals surface area contributed by atoms with Crippen molar-refractivity contribution in [2.24, 2.45) is 0 Å². The van der Waals surface area contributed by atoms with Gasteiger partial charge < -0.3 is 5.73 Å². The minimum atomic E-state index is -3.18. The van der Waals surface area contributed by atoms with Crippen molar-refractivity contribution in [3.05, 3.63) is 36.5 Å². The second-order valence-corrected chi connectivity index (χ2v) is 5.62. The van der Waals surface area contributed by atoms with Crippen molar-refractivity contribution in [1.29, 1.82) is 0 Å². The smallest absolute Gasteiger partial charge is 0.175 e. The lowest BCUT2D eigenvalue weighted by molar-refractivity contribution is 0.602. The normalized spacial score (nSPS) is 11.4. The van der Waals surface area contributed by atoms with E-state index in [1.807, 2.05) is 0 Å². The summed E-state index contributed by atoms with van der Waals surface area (Å²) in [5.74, 6) is 0.854. The number of anilines is 1. The Morgan fingerprint density at radius 3 is 2.29 bits per heavy atom. The van der Waals surface area contributed by atoms with Crippen LogP contribution in [0.2, 0.25) is 0 Å². The van der Waals surface area contributed by atoms with Crippen LogP contribution in [0, 0.1) is 0 Å². The molecule has 0 saturated carbocycles. The van der Waals surface area contributed by atoms with Gasteiger partial charge in [0, 0.05) is 18.0 Å². The van der Waals surface area contributed by atoms with Gasteiger partial charge in [0.1, 0.15) is 5.82 Å². The van der Waals surface area contributed by atoms with Gasteiger partial charge in [0.15, 0.2) is 15.7 Å². The summed E-state index contributed by atoms with van der Waals surface area (Å²) >= 11 is 0. The summed E-state index contributed by atoms with van der Waals surface area (Å²) < 4.78 is 22.6. The molecule has 17 heavy (non-hydrogen) atoms. The zero-order valence-electron chi connectivity index (χ0n) is 9.16. The predicted octanol–water partition coefficient (Wildman–Crippen LogP) is 1.13. The van der Waals surface area contributed by atoms with Crippen LogP contribution in [0.1, 0.15) is 0 Å². The molecular weight excluding hydrogens is 238 g/mol. The first-order valence-electron chi connectivity index (χ1n) is 4.86. The Bertz CT molecular complexity index is 636. The van der Waals surface area contributed by atoms with Crippen LogP contribution in [-0.4, -0.2) is 24.6 Å². The van der Waals surface area contributed by atoms with E-state index in [1.165, 1.54) is 18.4 Å². The molecule has 5 nitrogen and oxygen atoms in total. The Hall–Kier alpha value is -1.95. The lowest BCUT2D eigenvalue weighted by atomic mass is 10.2. The topological polar surface area (TPSA) is 85.9 Å². The first-order chi connectivity index (χ1) is 7.97. The van der Waals surface area contributed by atoms with Crippen LogP contribution in [0.15, 0.2) is 41.4 Å². The molecule has 0 spiro atoms. The molecule has 0 aliphatic heterocycles. The highest BCUT2D eigenvalue weighted by molar-refractivity contribution is 7.90. The molecule has 0 saturated heterocycles. The van der Waals surface area contributed by atoms with Crippen LogP contribution in [0.25, 0.3) is 11.4 Å². The van der Waals surface area contributed by atoms with Crippen LogP contribution >= 0.6 is 0 Å². The average Bonchev–Trinajstić information content (AvgIpc) is 2.28. The lowest BCUT2D eigenvalue weighted by Crippen LogP contribution is -1.97. The van der Waals surface area contributed by atoms with Crippen molar-refractivity contribution >= 4 is 15.7 Å². The summed E-state index contributed by atoms with van der Waals surface area (Å²) in [6, 6.07) is 7.96. The summed E-state index contributed by atoms with van der Waals surface area (Å²) in [5, 5.41) is 0. The summed E-state index contributed by atoms with van der Waals surface area (Å²) in [4.78, 5) is 8.38. The zero-order valence-corrected chi connectivity index (χ0v) is 9.98. The third kappa shape index (κ3) is 2.59. The summed E-state index contributed by atoms with van der Waals surface area (Å²) in [5.41, 5.74) is 6.27. The Kier molecular flexibility index (Phi) is 2.81. The van der Waals surface area contributed by atoms with E-state index in [0.717, 1.165) is 5.56 Å². The van der Waals surface area contributed by atoms with Crippen LogP contribution in [-0.2, 0) is 9.84 Å². The quantitative estimate of drug-likeness (QED) is 0.862. The van der Waals surface area contributed by atoms with E-state index in [9.17, 15) is 8.42 Å². The number of nitrogens with two attached hydrogens (primary N) is 1. The molecular formula is C11H11N3O2S. The minimum Gasteiger partial charge on any atom is -0.384 e. The Morgan fingerprint density at radius 2 is 1.76 bits per heavy atom. The van der Waals surface area contributed by atoms with Gasteiger partial charge in [-0.15, -0.1) is 0 Å². The second-order valence-electron chi connectivity index (χ2n) is 3.60. The predicted molar refractivity (Wildman–Crippen MR) is 65.0 cm³/mol. The fraction of sp³-hybridized carbons (Fsp3) is 0.0909. The standard InChI is InChI=1S/C11H11N3O2S/c1-17(15,16)9-4-2-8(3-5-9)11-13-7-6-10(12)14-11/h2-7H,1H3,(H2,12,13,14). The highest BCUT2D eigenvalue weighted by Gasteiger charge is 2.07. The summed E-state index contributed by atoms with van der Waals surface area (Å²) in [7, 11) is -3.18. The van der Waals surface area contributed by atoms with Crippen molar-refractivity contribution < 1.29 is 8.42 Å². The molecule has 0 amide bonds. The molecule has 0 radical (unpaired) electrons. The highest BCUT2D eigenvalue weighted by atomic mass is 32.2. The monoisotopic (exact) mass is 249 g/mol. The molecule has 1 heterocycles. The van der Waals surface area contributed by atoms with Crippen LogP contribution in [0.3, 0.4) is 0 Å². The largest absolute Gasteiger partial charge is 0.384 e. The van der Waals surface area contributed by atoms with E-state index in [-0.39, 0.29) is 4.90 Å². The molecule has 0 unspecified atom stereocenters. The van der Waals surface area contributed by atoms with Gasteiger partial charge in [-0.1, -0.05) is 0 Å². The van der Waals surface area contributed by atoms with Crippen LogP contribution in [0.5, 0.6) is 0 Å². The maximum Gasteiger partial charge on any atom is 0.175 e.